The van der Waals surface area contributed by atoms with E-state index in [4.69, 9.17) is 9.26 Å². The molecule has 2 rings (SSSR count). The van der Waals surface area contributed by atoms with Gasteiger partial charge in [0.15, 0.2) is 5.82 Å². The minimum Gasteiger partial charge on any atom is -0.384 e. The van der Waals surface area contributed by atoms with Gasteiger partial charge in [0.25, 0.3) is 0 Å². The minimum atomic E-state index is 0.633. The topological polar surface area (TPSA) is 60.2 Å². The highest BCUT2D eigenvalue weighted by Gasteiger charge is 2.20. The maximum absolute atomic E-state index is 5.08. The lowest BCUT2D eigenvalue weighted by atomic mass is 10.4. The summed E-state index contributed by atoms with van der Waals surface area (Å²) in [5.74, 6) is 2.27. The SMILES string of the molecule is COCCc1noc(CNCC2CC2)n1. The van der Waals surface area contributed by atoms with Crippen LogP contribution in [0.3, 0.4) is 0 Å². The van der Waals surface area contributed by atoms with Gasteiger partial charge in [-0.15, -0.1) is 0 Å². The Bertz CT molecular complexity index is 297. The Balaban J connectivity index is 1.68. The van der Waals surface area contributed by atoms with Gasteiger partial charge in [0.2, 0.25) is 5.89 Å². The molecule has 0 bridgehead atoms. The molecule has 5 heteroatoms. The number of nitrogens with one attached hydrogen (secondary N) is 1. The lowest BCUT2D eigenvalue weighted by Gasteiger charge is -1.97. The molecule has 15 heavy (non-hydrogen) atoms. The number of hydrogen-bond acceptors (Lipinski definition) is 5. The Hall–Kier alpha value is -0.940. The van der Waals surface area contributed by atoms with Crippen molar-refractivity contribution in [1.29, 1.82) is 0 Å². The van der Waals surface area contributed by atoms with E-state index in [1.54, 1.807) is 7.11 Å². The second kappa shape index (κ2) is 5.23. The van der Waals surface area contributed by atoms with Crippen LogP contribution in [0.4, 0.5) is 0 Å². The van der Waals surface area contributed by atoms with Gasteiger partial charge in [-0.25, -0.2) is 0 Å². The van der Waals surface area contributed by atoms with E-state index >= 15 is 0 Å². The number of methoxy groups -OCH3 is 1. The summed E-state index contributed by atoms with van der Waals surface area (Å²) in [5.41, 5.74) is 0. The Morgan fingerprint density at radius 1 is 1.53 bits per heavy atom. The molecule has 1 N–H and O–H groups in total. The summed E-state index contributed by atoms with van der Waals surface area (Å²) in [6, 6.07) is 0. The smallest absolute Gasteiger partial charge is 0.240 e. The molecule has 0 saturated heterocycles. The van der Waals surface area contributed by atoms with Crippen molar-refractivity contribution >= 4 is 0 Å². The standard InChI is InChI=1S/C10H17N3O2/c1-14-5-4-9-12-10(15-13-9)7-11-6-8-2-3-8/h8,11H,2-7H2,1H3. The van der Waals surface area contributed by atoms with Crippen LogP contribution in [0.1, 0.15) is 24.6 Å². The molecule has 1 aliphatic carbocycles. The van der Waals surface area contributed by atoms with Crippen molar-refractivity contribution < 1.29 is 9.26 Å². The molecular formula is C10H17N3O2. The molecule has 0 aliphatic heterocycles. The van der Waals surface area contributed by atoms with E-state index in [0.29, 0.717) is 25.5 Å². The molecule has 84 valence electrons. The maximum Gasteiger partial charge on any atom is 0.240 e. The fourth-order valence-electron chi connectivity index (χ4n) is 1.36. The number of ether oxygens (including phenoxy) is 1. The highest BCUT2D eigenvalue weighted by Crippen LogP contribution is 2.27. The Morgan fingerprint density at radius 3 is 3.13 bits per heavy atom. The average molecular weight is 211 g/mol. The lowest BCUT2D eigenvalue weighted by Crippen LogP contribution is -2.16. The van der Waals surface area contributed by atoms with Crippen molar-refractivity contribution in [1.82, 2.24) is 15.5 Å². The molecule has 1 aromatic rings. The van der Waals surface area contributed by atoms with Crippen LogP contribution in [0, 0.1) is 5.92 Å². The van der Waals surface area contributed by atoms with Gasteiger partial charge in [0.05, 0.1) is 13.2 Å². The molecule has 0 spiro atoms. The van der Waals surface area contributed by atoms with Crippen LogP contribution >= 0.6 is 0 Å². The van der Waals surface area contributed by atoms with Crippen molar-refractivity contribution in [3.05, 3.63) is 11.7 Å². The van der Waals surface area contributed by atoms with Crippen LogP contribution in [0.25, 0.3) is 0 Å². The Morgan fingerprint density at radius 2 is 2.40 bits per heavy atom. The zero-order valence-electron chi connectivity index (χ0n) is 9.03. The molecule has 1 saturated carbocycles. The second-order valence-corrected chi connectivity index (χ2v) is 3.92. The first-order chi connectivity index (χ1) is 7.38. The van der Waals surface area contributed by atoms with E-state index in [1.807, 2.05) is 0 Å². The molecule has 0 atom stereocenters. The summed E-state index contributed by atoms with van der Waals surface area (Å²) in [6.45, 7) is 2.38. The van der Waals surface area contributed by atoms with E-state index < -0.39 is 0 Å². The highest BCUT2D eigenvalue weighted by molar-refractivity contribution is 4.86. The van der Waals surface area contributed by atoms with Crippen molar-refractivity contribution in [3.63, 3.8) is 0 Å². The summed E-state index contributed by atoms with van der Waals surface area (Å²) >= 11 is 0. The van der Waals surface area contributed by atoms with Crippen LogP contribution in [0.2, 0.25) is 0 Å². The van der Waals surface area contributed by atoms with E-state index in [1.165, 1.54) is 12.8 Å². The molecule has 1 heterocycles. The van der Waals surface area contributed by atoms with Gasteiger partial charge in [-0.05, 0) is 25.3 Å². The Labute approximate surface area is 89.2 Å². The predicted octanol–water partition coefficient (Wildman–Crippen LogP) is 0.758. The normalized spacial score (nSPS) is 15.8. The van der Waals surface area contributed by atoms with Gasteiger partial charge >= 0.3 is 0 Å². The Kier molecular flexibility index (Phi) is 3.69. The van der Waals surface area contributed by atoms with Crippen molar-refractivity contribution in [2.24, 2.45) is 5.92 Å². The fraction of sp³-hybridized carbons (Fsp3) is 0.800. The van der Waals surface area contributed by atoms with Crippen molar-refractivity contribution in [3.8, 4) is 0 Å². The van der Waals surface area contributed by atoms with Crippen LogP contribution in [-0.4, -0.2) is 30.4 Å². The molecule has 0 amide bonds. The molecule has 0 aromatic carbocycles. The summed E-state index contributed by atoms with van der Waals surface area (Å²) in [4.78, 5) is 4.24. The monoisotopic (exact) mass is 211 g/mol. The molecule has 1 aliphatic rings. The number of aromatic nitrogens is 2. The van der Waals surface area contributed by atoms with Gasteiger partial charge < -0.3 is 14.6 Å². The van der Waals surface area contributed by atoms with Crippen LogP contribution in [0.5, 0.6) is 0 Å². The van der Waals surface area contributed by atoms with Crippen LogP contribution < -0.4 is 5.32 Å². The molecule has 0 radical (unpaired) electrons. The molecule has 1 fully saturated rings. The van der Waals surface area contributed by atoms with E-state index in [2.05, 4.69) is 15.5 Å². The number of rotatable bonds is 7. The quantitative estimate of drug-likeness (QED) is 0.721. The first-order valence-corrected chi connectivity index (χ1v) is 5.39. The fourth-order valence-corrected chi connectivity index (χ4v) is 1.36. The minimum absolute atomic E-state index is 0.633. The van der Waals surface area contributed by atoms with Crippen molar-refractivity contribution in [2.75, 3.05) is 20.3 Å². The largest absolute Gasteiger partial charge is 0.384 e. The van der Waals surface area contributed by atoms with E-state index in [-0.39, 0.29) is 0 Å². The third-order valence-corrected chi connectivity index (χ3v) is 2.45. The van der Waals surface area contributed by atoms with E-state index in [0.717, 1.165) is 18.3 Å². The molecule has 0 unspecified atom stereocenters. The maximum atomic E-state index is 5.08. The average Bonchev–Trinajstić information content (AvgIpc) is 2.95. The highest BCUT2D eigenvalue weighted by atomic mass is 16.5. The number of nitrogens with zero attached hydrogens (tertiary/aromatic N) is 2. The van der Waals surface area contributed by atoms with Crippen LogP contribution in [-0.2, 0) is 17.7 Å². The summed E-state index contributed by atoms with van der Waals surface area (Å²) in [7, 11) is 1.66. The zero-order valence-corrected chi connectivity index (χ0v) is 9.03. The van der Waals surface area contributed by atoms with Gasteiger partial charge in [0, 0.05) is 13.5 Å². The second-order valence-electron chi connectivity index (χ2n) is 3.92. The summed E-state index contributed by atoms with van der Waals surface area (Å²) in [5, 5.41) is 7.17. The van der Waals surface area contributed by atoms with Gasteiger partial charge in [-0.2, -0.15) is 4.98 Å². The first-order valence-electron chi connectivity index (χ1n) is 5.39. The third kappa shape index (κ3) is 3.60. The summed E-state index contributed by atoms with van der Waals surface area (Å²) < 4.78 is 10.0. The van der Waals surface area contributed by atoms with Gasteiger partial charge in [-0.3, -0.25) is 0 Å². The van der Waals surface area contributed by atoms with Crippen molar-refractivity contribution in [2.45, 2.75) is 25.8 Å². The van der Waals surface area contributed by atoms with Gasteiger partial charge in [0.1, 0.15) is 0 Å². The van der Waals surface area contributed by atoms with Gasteiger partial charge in [-0.1, -0.05) is 5.16 Å². The van der Waals surface area contributed by atoms with Crippen LogP contribution in [0.15, 0.2) is 4.52 Å². The molecule has 5 nitrogen and oxygen atoms in total. The first kappa shape index (κ1) is 10.6. The molecular weight excluding hydrogens is 194 g/mol. The number of hydrogen-bond donors (Lipinski definition) is 1. The van der Waals surface area contributed by atoms with E-state index in [9.17, 15) is 0 Å². The molecule has 1 aromatic heterocycles. The third-order valence-electron chi connectivity index (χ3n) is 2.45. The lowest BCUT2D eigenvalue weighted by molar-refractivity contribution is 0.199. The zero-order chi connectivity index (χ0) is 10.5. The predicted molar refractivity (Wildman–Crippen MR) is 54.3 cm³/mol. The summed E-state index contributed by atoms with van der Waals surface area (Å²) in [6.07, 6.45) is 3.43.